The van der Waals surface area contributed by atoms with E-state index in [0.717, 1.165) is 30.3 Å². The number of hydrogen-bond donors (Lipinski definition) is 0. The van der Waals surface area contributed by atoms with Crippen LogP contribution in [0.4, 0.5) is 0 Å². The van der Waals surface area contributed by atoms with E-state index in [-0.39, 0.29) is 0 Å². The molecule has 1 atom stereocenters. The van der Waals surface area contributed by atoms with Crippen molar-refractivity contribution in [3.05, 3.63) is 40.7 Å². The minimum Gasteiger partial charge on any atom is -0.454 e. The summed E-state index contributed by atoms with van der Waals surface area (Å²) < 4.78 is 12.9. The lowest BCUT2D eigenvalue weighted by molar-refractivity contribution is 0.173. The molecule has 0 aliphatic carbocycles. The van der Waals surface area contributed by atoms with Crippen molar-refractivity contribution in [3.63, 3.8) is 0 Å². The molecule has 0 spiro atoms. The zero-order valence-electron chi connectivity index (χ0n) is 14.0. The molecule has 3 heterocycles. The van der Waals surface area contributed by atoms with Crippen molar-refractivity contribution in [1.29, 1.82) is 0 Å². The molecule has 5 heteroatoms. The van der Waals surface area contributed by atoms with Crippen molar-refractivity contribution in [2.24, 2.45) is 7.05 Å². The summed E-state index contributed by atoms with van der Waals surface area (Å²) in [5.74, 6) is 1.74. The van der Waals surface area contributed by atoms with Gasteiger partial charge in [-0.05, 0) is 50.9 Å². The van der Waals surface area contributed by atoms with Crippen LogP contribution < -0.4 is 9.47 Å². The number of aromatic nitrogens is 2. The van der Waals surface area contributed by atoms with Crippen LogP contribution in [0.25, 0.3) is 0 Å². The summed E-state index contributed by atoms with van der Waals surface area (Å²) in [5, 5.41) is 4.55. The van der Waals surface area contributed by atoms with Crippen LogP contribution in [-0.4, -0.2) is 28.0 Å². The van der Waals surface area contributed by atoms with Crippen molar-refractivity contribution in [2.75, 3.05) is 13.3 Å². The Balaban J connectivity index is 1.59. The smallest absolute Gasteiger partial charge is 0.231 e. The molecular weight excluding hydrogens is 290 g/mol. The van der Waals surface area contributed by atoms with Gasteiger partial charge in [0.1, 0.15) is 0 Å². The highest BCUT2D eigenvalue weighted by molar-refractivity contribution is 5.45. The summed E-state index contributed by atoms with van der Waals surface area (Å²) in [4.78, 5) is 2.56. The lowest BCUT2D eigenvalue weighted by Crippen LogP contribution is -2.23. The van der Waals surface area contributed by atoms with Gasteiger partial charge in [-0.3, -0.25) is 9.58 Å². The summed E-state index contributed by atoms with van der Waals surface area (Å²) in [7, 11) is 2.02. The van der Waals surface area contributed by atoms with Gasteiger partial charge >= 0.3 is 0 Å². The zero-order valence-corrected chi connectivity index (χ0v) is 14.0. The second kappa shape index (κ2) is 5.57. The first-order chi connectivity index (χ1) is 11.1. The summed E-state index contributed by atoms with van der Waals surface area (Å²) in [6.45, 7) is 6.69. The van der Waals surface area contributed by atoms with E-state index in [1.54, 1.807) is 0 Å². The third-order valence-electron chi connectivity index (χ3n) is 5.17. The Morgan fingerprint density at radius 1 is 1.22 bits per heavy atom. The molecule has 2 aromatic rings. The van der Waals surface area contributed by atoms with Crippen LogP contribution in [0.1, 0.15) is 41.4 Å². The molecule has 2 aliphatic rings. The van der Waals surface area contributed by atoms with Crippen LogP contribution in [0, 0.1) is 13.8 Å². The average Bonchev–Trinajstić information content (AvgIpc) is 3.23. The van der Waals surface area contributed by atoms with Crippen molar-refractivity contribution in [3.8, 4) is 11.5 Å². The topological polar surface area (TPSA) is 39.5 Å². The zero-order chi connectivity index (χ0) is 16.0. The SMILES string of the molecule is Cc1nn(C)c(C)c1CN1CCCC1c1ccc2c(c1)OCO2. The van der Waals surface area contributed by atoms with E-state index in [0.29, 0.717) is 12.8 Å². The molecule has 0 saturated carbocycles. The van der Waals surface area contributed by atoms with E-state index in [1.165, 1.54) is 29.7 Å². The fourth-order valence-corrected chi connectivity index (χ4v) is 3.76. The Hall–Kier alpha value is -2.01. The van der Waals surface area contributed by atoms with Gasteiger partial charge in [0.15, 0.2) is 11.5 Å². The molecule has 4 rings (SSSR count). The first kappa shape index (κ1) is 14.6. The molecule has 1 fully saturated rings. The summed E-state index contributed by atoms with van der Waals surface area (Å²) in [6, 6.07) is 6.81. The highest BCUT2D eigenvalue weighted by atomic mass is 16.7. The Morgan fingerprint density at radius 2 is 2.04 bits per heavy atom. The van der Waals surface area contributed by atoms with Gasteiger partial charge in [0.2, 0.25) is 6.79 Å². The average molecular weight is 313 g/mol. The fraction of sp³-hybridized carbons (Fsp3) is 0.500. The number of hydrogen-bond acceptors (Lipinski definition) is 4. The van der Waals surface area contributed by atoms with E-state index in [9.17, 15) is 0 Å². The molecule has 23 heavy (non-hydrogen) atoms. The minimum absolute atomic E-state index is 0.335. The van der Waals surface area contributed by atoms with Gasteiger partial charge in [-0.1, -0.05) is 6.07 Å². The second-order valence-corrected chi connectivity index (χ2v) is 6.51. The third kappa shape index (κ3) is 2.49. The summed E-state index contributed by atoms with van der Waals surface area (Å²) in [6.07, 6.45) is 2.43. The van der Waals surface area contributed by atoms with Crippen LogP contribution in [0.15, 0.2) is 18.2 Å². The van der Waals surface area contributed by atoms with Crippen LogP contribution in [0.3, 0.4) is 0 Å². The third-order valence-corrected chi connectivity index (χ3v) is 5.17. The predicted molar refractivity (Wildman–Crippen MR) is 87.6 cm³/mol. The Morgan fingerprint density at radius 3 is 2.83 bits per heavy atom. The highest BCUT2D eigenvalue weighted by Gasteiger charge is 2.28. The van der Waals surface area contributed by atoms with E-state index in [2.05, 4.69) is 36.0 Å². The first-order valence-corrected chi connectivity index (χ1v) is 8.26. The molecule has 1 saturated heterocycles. The number of likely N-dealkylation sites (tertiary alicyclic amines) is 1. The Bertz CT molecular complexity index is 738. The number of ether oxygens (including phenoxy) is 2. The fourth-order valence-electron chi connectivity index (χ4n) is 3.76. The molecule has 0 radical (unpaired) electrons. The lowest BCUT2D eigenvalue weighted by Gasteiger charge is -2.25. The van der Waals surface area contributed by atoms with Gasteiger partial charge in [-0.15, -0.1) is 0 Å². The van der Waals surface area contributed by atoms with Gasteiger partial charge < -0.3 is 9.47 Å². The standard InChI is InChI=1S/C18H23N3O2/c1-12-15(13(2)20(3)19-12)10-21-8-4-5-16(21)14-6-7-17-18(9-14)23-11-22-17/h6-7,9,16H,4-5,8,10-11H2,1-3H3. The Kier molecular flexibility index (Phi) is 3.53. The minimum atomic E-state index is 0.335. The number of nitrogens with zero attached hydrogens (tertiary/aromatic N) is 3. The van der Waals surface area contributed by atoms with Gasteiger partial charge in [0, 0.05) is 30.9 Å². The van der Waals surface area contributed by atoms with Gasteiger partial charge in [-0.2, -0.15) is 5.10 Å². The van der Waals surface area contributed by atoms with Crippen LogP contribution in [0.2, 0.25) is 0 Å². The van der Waals surface area contributed by atoms with Gasteiger partial charge in [-0.25, -0.2) is 0 Å². The molecule has 2 aliphatic heterocycles. The summed E-state index contributed by atoms with van der Waals surface area (Å²) in [5.41, 5.74) is 5.09. The van der Waals surface area contributed by atoms with Crippen LogP contribution in [0.5, 0.6) is 11.5 Å². The van der Waals surface area contributed by atoms with Crippen LogP contribution in [-0.2, 0) is 13.6 Å². The number of benzene rings is 1. The van der Waals surface area contributed by atoms with E-state index < -0.39 is 0 Å². The largest absolute Gasteiger partial charge is 0.454 e. The van der Waals surface area contributed by atoms with Gasteiger partial charge in [0.05, 0.1) is 5.69 Å². The lowest BCUT2D eigenvalue weighted by atomic mass is 10.0. The van der Waals surface area contributed by atoms with Crippen molar-refractivity contribution < 1.29 is 9.47 Å². The highest BCUT2D eigenvalue weighted by Crippen LogP contribution is 2.39. The quantitative estimate of drug-likeness (QED) is 0.873. The van der Waals surface area contributed by atoms with Gasteiger partial charge in [0.25, 0.3) is 0 Å². The maximum absolute atomic E-state index is 5.54. The molecule has 5 nitrogen and oxygen atoms in total. The van der Waals surface area contributed by atoms with E-state index in [1.807, 2.05) is 17.8 Å². The second-order valence-electron chi connectivity index (χ2n) is 6.51. The Labute approximate surface area is 136 Å². The monoisotopic (exact) mass is 313 g/mol. The number of aryl methyl sites for hydroxylation is 2. The predicted octanol–water partition coefficient (Wildman–Crippen LogP) is 3.10. The van der Waals surface area contributed by atoms with Crippen LogP contribution >= 0.6 is 0 Å². The molecular formula is C18H23N3O2. The molecule has 0 bridgehead atoms. The first-order valence-electron chi connectivity index (χ1n) is 8.26. The van der Waals surface area contributed by atoms with E-state index >= 15 is 0 Å². The van der Waals surface area contributed by atoms with Crippen molar-refractivity contribution in [1.82, 2.24) is 14.7 Å². The normalized spacial score (nSPS) is 20.4. The summed E-state index contributed by atoms with van der Waals surface area (Å²) >= 11 is 0. The van der Waals surface area contributed by atoms with Crippen molar-refractivity contribution >= 4 is 0 Å². The molecule has 1 unspecified atom stereocenters. The molecule has 122 valence electrons. The molecule has 0 amide bonds. The number of rotatable bonds is 3. The molecule has 1 aromatic heterocycles. The van der Waals surface area contributed by atoms with Crippen molar-refractivity contribution in [2.45, 2.75) is 39.3 Å². The number of fused-ring (bicyclic) bond motifs is 1. The van der Waals surface area contributed by atoms with E-state index in [4.69, 9.17) is 9.47 Å². The molecule has 1 aromatic carbocycles. The maximum Gasteiger partial charge on any atom is 0.231 e. The maximum atomic E-state index is 5.54. The molecule has 0 N–H and O–H groups in total.